The van der Waals surface area contributed by atoms with Crippen LogP contribution >= 0.6 is 15.9 Å². The highest BCUT2D eigenvalue weighted by Crippen LogP contribution is 2.21. The first-order valence-electron chi connectivity index (χ1n) is 5.71. The van der Waals surface area contributed by atoms with E-state index in [0.29, 0.717) is 15.7 Å². The summed E-state index contributed by atoms with van der Waals surface area (Å²) in [5, 5.41) is 11.7. The Morgan fingerprint density at radius 3 is 2.32 bits per heavy atom. The first kappa shape index (κ1) is 15.5. The van der Waals surface area contributed by atoms with Crippen molar-refractivity contribution >= 4 is 33.5 Å². The molecule has 4 N–H and O–H groups in total. The zero-order valence-corrected chi connectivity index (χ0v) is 12.6. The lowest BCUT2D eigenvalue weighted by atomic mass is 9.86. The van der Waals surface area contributed by atoms with Crippen LogP contribution in [0.2, 0.25) is 0 Å². The van der Waals surface area contributed by atoms with Gasteiger partial charge in [0.25, 0.3) is 5.91 Å². The van der Waals surface area contributed by atoms with Gasteiger partial charge in [-0.05, 0) is 23.6 Å². The van der Waals surface area contributed by atoms with Crippen LogP contribution in [0.1, 0.15) is 31.1 Å². The second kappa shape index (κ2) is 5.61. The summed E-state index contributed by atoms with van der Waals surface area (Å²) in [7, 11) is 0. The molecule has 1 rings (SSSR count). The maximum atomic E-state index is 12.1. The molecule has 0 spiro atoms. The number of hydrogen-bond donors (Lipinski definition) is 3. The van der Waals surface area contributed by atoms with Crippen molar-refractivity contribution in [3.63, 3.8) is 0 Å². The Balaban J connectivity index is 2.97. The van der Waals surface area contributed by atoms with E-state index in [1.54, 1.807) is 32.9 Å². The number of amides is 1. The number of carboxylic acid groups (broad SMARTS) is 1. The fourth-order valence-electron chi connectivity index (χ4n) is 1.61. The molecule has 5 nitrogen and oxygen atoms in total. The number of anilines is 1. The fourth-order valence-corrected chi connectivity index (χ4v) is 2.12. The molecule has 0 fully saturated rings. The molecule has 0 unspecified atom stereocenters. The van der Waals surface area contributed by atoms with Crippen LogP contribution in [0.5, 0.6) is 0 Å². The van der Waals surface area contributed by atoms with Crippen molar-refractivity contribution in [3.8, 4) is 0 Å². The predicted octanol–water partition coefficient (Wildman–Crippen LogP) is 2.26. The van der Waals surface area contributed by atoms with E-state index in [1.807, 2.05) is 0 Å². The molecule has 1 aromatic rings. The topological polar surface area (TPSA) is 92.4 Å². The average molecular weight is 329 g/mol. The number of carbonyl (C=O) groups is 2. The number of benzene rings is 1. The number of rotatable bonds is 3. The summed E-state index contributed by atoms with van der Waals surface area (Å²) >= 11 is 3.24. The molecule has 0 saturated heterocycles. The average Bonchev–Trinajstić information content (AvgIpc) is 2.21. The zero-order valence-electron chi connectivity index (χ0n) is 11.0. The molecule has 1 aromatic carbocycles. The van der Waals surface area contributed by atoms with E-state index in [9.17, 15) is 9.59 Å². The number of hydrogen-bond acceptors (Lipinski definition) is 3. The van der Waals surface area contributed by atoms with Crippen molar-refractivity contribution < 1.29 is 14.7 Å². The summed E-state index contributed by atoms with van der Waals surface area (Å²) in [4.78, 5) is 23.3. The number of carboxylic acids is 1. The molecule has 0 aliphatic carbocycles. The van der Waals surface area contributed by atoms with Crippen molar-refractivity contribution in [2.75, 3.05) is 5.73 Å². The summed E-state index contributed by atoms with van der Waals surface area (Å²) < 4.78 is 0.667. The first-order chi connectivity index (χ1) is 8.61. The summed E-state index contributed by atoms with van der Waals surface area (Å²) in [5.41, 5.74) is 5.82. The van der Waals surface area contributed by atoms with Gasteiger partial charge in [0, 0.05) is 15.7 Å². The van der Waals surface area contributed by atoms with Gasteiger partial charge in [-0.3, -0.25) is 4.79 Å². The Bertz CT molecular complexity index is 489. The van der Waals surface area contributed by atoms with E-state index >= 15 is 0 Å². The minimum atomic E-state index is -1.07. The van der Waals surface area contributed by atoms with Gasteiger partial charge in [-0.1, -0.05) is 36.7 Å². The molecule has 0 aliphatic rings. The molecular formula is C13H17BrN2O3. The van der Waals surface area contributed by atoms with Crippen LogP contribution in [0, 0.1) is 5.41 Å². The summed E-state index contributed by atoms with van der Waals surface area (Å²) in [6.45, 7) is 5.25. The van der Waals surface area contributed by atoms with Crippen molar-refractivity contribution in [1.29, 1.82) is 0 Å². The van der Waals surface area contributed by atoms with Gasteiger partial charge in [0.15, 0.2) is 0 Å². The molecule has 0 radical (unpaired) electrons. The Morgan fingerprint density at radius 2 is 1.89 bits per heavy atom. The van der Waals surface area contributed by atoms with Gasteiger partial charge >= 0.3 is 5.97 Å². The predicted molar refractivity (Wildman–Crippen MR) is 76.9 cm³/mol. The van der Waals surface area contributed by atoms with Gasteiger partial charge in [0.05, 0.1) is 0 Å². The van der Waals surface area contributed by atoms with Crippen LogP contribution in [0.3, 0.4) is 0 Å². The van der Waals surface area contributed by atoms with Crippen LogP contribution in [-0.4, -0.2) is 23.0 Å². The Labute approximate surface area is 120 Å². The number of nitrogens with one attached hydrogen (secondary N) is 1. The number of halogens is 1. The third-order valence-corrected chi connectivity index (χ3v) is 3.03. The van der Waals surface area contributed by atoms with E-state index in [0.717, 1.165) is 0 Å². The van der Waals surface area contributed by atoms with Gasteiger partial charge < -0.3 is 16.2 Å². The molecule has 0 bridgehead atoms. The van der Waals surface area contributed by atoms with E-state index in [4.69, 9.17) is 10.8 Å². The highest BCUT2D eigenvalue weighted by Gasteiger charge is 2.32. The van der Waals surface area contributed by atoms with Gasteiger partial charge in [-0.25, -0.2) is 4.79 Å². The van der Waals surface area contributed by atoms with Crippen LogP contribution in [0.15, 0.2) is 22.7 Å². The van der Waals surface area contributed by atoms with Crippen molar-refractivity contribution in [3.05, 3.63) is 28.2 Å². The Hall–Kier alpha value is -1.56. The monoisotopic (exact) mass is 328 g/mol. The quantitative estimate of drug-likeness (QED) is 0.742. The smallest absolute Gasteiger partial charge is 0.326 e. The fraction of sp³-hybridized carbons (Fsp3) is 0.385. The van der Waals surface area contributed by atoms with Gasteiger partial charge in [0.1, 0.15) is 6.04 Å². The van der Waals surface area contributed by atoms with Crippen molar-refractivity contribution in [1.82, 2.24) is 5.32 Å². The zero-order chi connectivity index (χ0) is 14.8. The Morgan fingerprint density at radius 1 is 1.32 bits per heavy atom. The van der Waals surface area contributed by atoms with Crippen LogP contribution in [0.4, 0.5) is 5.69 Å². The molecule has 6 heteroatoms. The SMILES string of the molecule is CC(C)(C)[C@@H](NC(=O)c1cc(N)cc(Br)c1)C(=O)O. The van der Waals surface area contributed by atoms with Crippen LogP contribution in [-0.2, 0) is 4.79 Å². The number of carbonyl (C=O) groups excluding carboxylic acids is 1. The normalized spacial score (nSPS) is 12.8. The van der Waals surface area contributed by atoms with Gasteiger partial charge in [-0.2, -0.15) is 0 Å². The van der Waals surface area contributed by atoms with Crippen molar-refractivity contribution in [2.45, 2.75) is 26.8 Å². The first-order valence-corrected chi connectivity index (χ1v) is 6.50. The van der Waals surface area contributed by atoms with Gasteiger partial charge in [-0.15, -0.1) is 0 Å². The van der Waals surface area contributed by atoms with Crippen molar-refractivity contribution in [2.24, 2.45) is 5.41 Å². The molecule has 1 atom stereocenters. The Kier molecular flexibility index (Phi) is 4.57. The van der Waals surface area contributed by atoms with E-state index in [1.165, 1.54) is 6.07 Å². The molecule has 1 amide bonds. The van der Waals surface area contributed by atoms with E-state index in [-0.39, 0.29) is 0 Å². The molecule has 19 heavy (non-hydrogen) atoms. The molecule has 0 aliphatic heterocycles. The third-order valence-electron chi connectivity index (χ3n) is 2.57. The largest absolute Gasteiger partial charge is 0.480 e. The lowest BCUT2D eigenvalue weighted by Gasteiger charge is -2.27. The van der Waals surface area contributed by atoms with E-state index in [2.05, 4.69) is 21.2 Å². The maximum absolute atomic E-state index is 12.1. The lowest BCUT2D eigenvalue weighted by molar-refractivity contribution is -0.142. The second-order valence-electron chi connectivity index (χ2n) is 5.38. The molecule has 0 saturated carbocycles. The highest BCUT2D eigenvalue weighted by atomic mass is 79.9. The molecule has 0 aromatic heterocycles. The molecular weight excluding hydrogens is 312 g/mol. The molecule has 0 heterocycles. The van der Waals surface area contributed by atoms with Crippen LogP contribution < -0.4 is 11.1 Å². The summed E-state index contributed by atoms with van der Waals surface area (Å²) in [5.74, 6) is -1.53. The van der Waals surface area contributed by atoms with Gasteiger partial charge in [0.2, 0.25) is 0 Å². The maximum Gasteiger partial charge on any atom is 0.326 e. The summed E-state index contributed by atoms with van der Waals surface area (Å²) in [6.07, 6.45) is 0. The summed E-state index contributed by atoms with van der Waals surface area (Å²) in [6, 6.07) is 3.78. The second-order valence-corrected chi connectivity index (χ2v) is 6.30. The number of nitrogen functional groups attached to an aromatic ring is 1. The van der Waals surface area contributed by atoms with Crippen LogP contribution in [0.25, 0.3) is 0 Å². The lowest BCUT2D eigenvalue weighted by Crippen LogP contribution is -2.49. The minimum Gasteiger partial charge on any atom is -0.480 e. The third kappa shape index (κ3) is 4.24. The standard InChI is InChI=1S/C13H17BrN2O3/c1-13(2,3)10(12(18)19)16-11(17)7-4-8(14)6-9(15)5-7/h4-6,10H,15H2,1-3H3,(H,16,17)(H,18,19)/t10-/m0/s1. The number of nitrogens with two attached hydrogens (primary N) is 1. The number of aliphatic carboxylic acids is 1. The van der Waals surface area contributed by atoms with E-state index < -0.39 is 23.3 Å². The minimum absolute atomic E-state index is 0.322. The molecule has 104 valence electrons. The highest BCUT2D eigenvalue weighted by molar-refractivity contribution is 9.10.